The lowest BCUT2D eigenvalue weighted by Gasteiger charge is -2.26. The topological polar surface area (TPSA) is 120 Å². The number of rotatable bonds is 13. The molecule has 11 nitrogen and oxygen atoms in total. The minimum atomic E-state index is 0.0259. The van der Waals surface area contributed by atoms with Gasteiger partial charge in [-0.1, -0.05) is 30.3 Å². The molecule has 7 rings (SSSR count). The third kappa shape index (κ3) is 9.50. The van der Waals surface area contributed by atoms with E-state index in [1.165, 1.54) is 0 Å². The third-order valence-corrected chi connectivity index (χ3v) is 9.64. The molecule has 0 aliphatic carbocycles. The maximum atomic E-state index is 12.7. The zero-order valence-corrected chi connectivity index (χ0v) is 29.1. The maximum absolute atomic E-state index is 12.7. The highest BCUT2D eigenvalue weighted by Crippen LogP contribution is 2.38. The highest BCUT2D eigenvalue weighted by Gasteiger charge is 2.17. The Balaban J connectivity index is 1.04. The van der Waals surface area contributed by atoms with Crippen LogP contribution in [0.15, 0.2) is 78.9 Å². The molecule has 4 aromatic rings. The molecule has 0 bridgehead atoms. The van der Waals surface area contributed by atoms with E-state index in [1.807, 2.05) is 66.7 Å². The summed E-state index contributed by atoms with van der Waals surface area (Å²) in [7, 11) is 0. The largest absolute Gasteiger partial charge is 0.454 e. The molecule has 2 amide bonds. The van der Waals surface area contributed by atoms with E-state index < -0.39 is 0 Å². The van der Waals surface area contributed by atoms with Crippen molar-refractivity contribution in [1.82, 2.24) is 25.4 Å². The van der Waals surface area contributed by atoms with Crippen molar-refractivity contribution >= 4 is 23.2 Å². The van der Waals surface area contributed by atoms with Gasteiger partial charge in [-0.15, -0.1) is 0 Å². The van der Waals surface area contributed by atoms with E-state index in [4.69, 9.17) is 14.5 Å². The van der Waals surface area contributed by atoms with E-state index in [2.05, 4.69) is 43.2 Å². The lowest BCUT2D eigenvalue weighted by Crippen LogP contribution is -2.43. The van der Waals surface area contributed by atoms with Crippen molar-refractivity contribution in [1.29, 1.82) is 0 Å². The maximum Gasteiger partial charge on any atom is 0.231 e. The van der Waals surface area contributed by atoms with Crippen molar-refractivity contribution in [3.8, 4) is 45.1 Å². The number of carbonyl (C=O) groups excluding carboxylic acids is 2. The standard InChI is InChI=1S/C40H47N7O4/c48-39(3-1-19-46-21-15-41-16-22-46)43-33-10-5-29(6-11-33)35-25-32(31-9-14-37-38(27-31)51-28-50-37)26-36(45-35)30-7-12-34(13-8-30)44-40(49)4-2-20-47-23-17-42-18-24-47/h5-14,25-27,41-42H,1-4,15-24,28H2,(H,43,48)(H,44,49). The van der Waals surface area contributed by atoms with Crippen LogP contribution in [0.25, 0.3) is 33.6 Å². The number of hydrogen-bond donors (Lipinski definition) is 4. The van der Waals surface area contributed by atoms with E-state index >= 15 is 0 Å². The van der Waals surface area contributed by atoms with Gasteiger partial charge < -0.3 is 40.5 Å². The quantitative estimate of drug-likeness (QED) is 0.153. The van der Waals surface area contributed by atoms with Gasteiger partial charge in [0.05, 0.1) is 11.4 Å². The Hall–Kier alpha value is -4.81. The van der Waals surface area contributed by atoms with E-state index in [0.717, 1.165) is 129 Å². The van der Waals surface area contributed by atoms with Crippen LogP contribution >= 0.6 is 0 Å². The number of pyridine rings is 1. The van der Waals surface area contributed by atoms with Crippen LogP contribution in [0.2, 0.25) is 0 Å². The Bertz CT molecular complexity index is 1690. The first-order chi connectivity index (χ1) is 25.1. The van der Waals surface area contributed by atoms with Crippen molar-refractivity contribution in [2.75, 3.05) is 82.9 Å². The predicted octanol–water partition coefficient (Wildman–Crippen LogP) is 5.06. The Morgan fingerprint density at radius 2 is 1.06 bits per heavy atom. The summed E-state index contributed by atoms with van der Waals surface area (Å²) in [5, 5.41) is 12.8. The molecule has 0 atom stereocenters. The fourth-order valence-corrected chi connectivity index (χ4v) is 6.76. The molecule has 266 valence electrons. The summed E-state index contributed by atoms with van der Waals surface area (Å²) in [6.45, 7) is 10.3. The second-order valence-electron chi connectivity index (χ2n) is 13.3. The molecule has 3 aromatic carbocycles. The number of ether oxygens (including phenoxy) is 2. The first kappa shape index (κ1) is 34.6. The van der Waals surface area contributed by atoms with Gasteiger partial charge in [0, 0.05) is 87.7 Å². The lowest BCUT2D eigenvalue weighted by atomic mass is 9.99. The number of aromatic nitrogens is 1. The molecule has 3 aliphatic rings. The first-order valence-electron chi connectivity index (χ1n) is 18.1. The average molecular weight is 690 g/mol. The number of hydrogen-bond acceptors (Lipinski definition) is 9. The van der Waals surface area contributed by atoms with Crippen LogP contribution in [0, 0.1) is 0 Å². The van der Waals surface area contributed by atoms with Crippen LogP contribution < -0.4 is 30.7 Å². The van der Waals surface area contributed by atoms with Crippen LogP contribution in [-0.4, -0.2) is 98.8 Å². The second kappa shape index (κ2) is 16.9. The van der Waals surface area contributed by atoms with Crippen molar-refractivity contribution in [2.45, 2.75) is 25.7 Å². The van der Waals surface area contributed by atoms with Gasteiger partial charge >= 0.3 is 0 Å². The summed E-state index contributed by atoms with van der Waals surface area (Å²) in [5.74, 6) is 1.50. The Morgan fingerprint density at radius 1 is 0.588 bits per heavy atom. The van der Waals surface area contributed by atoms with Gasteiger partial charge in [-0.25, -0.2) is 4.98 Å². The van der Waals surface area contributed by atoms with Gasteiger partial charge in [0.2, 0.25) is 18.6 Å². The fraction of sp³-hybridized carbons (Fsp3) is 0.375. The van der Waals surface area contributed by atoms with Crippen molar-refractivity contribution in [3.63, 3.8) is 0 Å². The zero-order valence-electron chi connectivity index (χ0n) is 29.1. The molecule has 4 heterocycles. The molecule has 0 spiro atoms. The number of carbonyl (C=O) groups is 2. The molecule has 0 radical (unpaired) electrons. The summed E-state index contributed by atoms with van der Waals surface area (Å²) >= 11 is 0. The van der Waals surface area contributed by atoms with Crippen molar-refractivity contribution < 1.29 is 19.1 Å². The number of amides is 2. The summed E-state index contributed by atoms with van der Waals surface area (Å²) in [4.78, 5) is 35.2. The van der Waals surface area contributed by atoms with Crippen LogP contribution in [0.4, 0.5) is 11.4 Å². The minimum absolute atomic E-state index is 0.0259. The van der Waals surface area contributed by atoms with Crippen molar-refractivity contribution in [3.05, 3.63) is 78.9 Å². The first-order valence-corrected chi connectivity index (χ1v) is 18.1. The molecular formula is C40H47N7O4. The van der Waals surface area contributed by atoms with E-state index in [0.29, 0.717) is 18.6 Å². The molecule has 1 aromatic heterocycles. The summed E-state index contributed by atoms with van der Waals surface area (Å²) in [5.41, 5.74) is 6.96. The SMILES string of the molecule is O=C(CCCN1CCNCC1)Nc1ccc(-c2cc(-c3ccc4c(c3)OCO4)cc(-c3ccc(NC(=O)CCCN4CCNCC4)cc3)n2)cc1. The van der Waals surface area contributed by atoms with Crippen LogP contribution in [0.3, 0.4) is 0 Å². The summed E-state index contributed by atoms with van der Waals surface area (Å²) in [6.07, 6.45) is 2.67. The van der Waals surface area contributed by atoms with Crippen molar-refractivity contribution in [2.24, 2.45) is 0 Å². The smallest absolute Gasteiger partial charge is 0.231 e. The number of nitrogens with zero attached hydrogens (tertiary/aromatic N) is 3. The third-order valence-electron chi connectivity index (χ3n) is 9.64. The van der Waals surface area contributed by atoms with Crippen LogP contribution in [-0.2, 0) is 9.59 Å². The fourth-order valence-electron chi connectivity index (χ4n) is 6.76. The molecule has 2 saturated heterocycles. The number of anilines is 2. The number of nitrogens with one attached hydrogen (secondary N) is 4. The molecule has 11 heteroatoms. The molecule has 2 fully saturated rings. The van der Waals surface area contributed by atoms with Gasteiger partial charge in [-0.3, -0.25) is 9.59 Å². The van der Waals surface area contributed by atoms with Crippen LogP contribution in [0.5, 0.6) is 11.5 Å². The van der Waals surface area contributed by atoms with Gasteiger partial charge in [-0.05, 0) is 85.6 Å². The molecular weight excluding hydrogens is 642 g/mol. The average Bonchev–Trinajstić information content (AvgIpc) is 3.64. The van der Waals surface area contributed by atoms with E-state index in [1.54, 1.807) is 0 Å². The van der Waals surface area contributed by atoms with Crippen LogP contribution in [0.1, 0.15) is 25.7 Å². The van der Waals surface area contributed by atoms with Gasteiger partial charge in [0.1, 0.15) is 0 Å². The van der Waals surface area contributed by atoms with Gasteiger partial charge in [-0.2, -0.15) is 0 Å². The highest BCUT2D eigenvalue weighted by atomic mass is 16.7. The second-order valence-corrected chi connectivity index (χ2v) is 13.3. The number of fused-ring (bicyclic) bond motifs is 1. The summed E-state index contributed by atoms with van der Waals surface area (Å²) < 4.78 is 11.2. The number of benzene rings is 3. The Labute approximate surface area is 299 Å². The molecule has 51 heavy (non-hydrogen) atoms. The normalized spacial score (nSPS) is 16.2. The van der Waals surface area contributed by atoms with Gasteiger partial charge in [0.25, 0.3) is 0 Å². The van der Waals surface area contributed by atoms with Gasteiger partial charge in [0.15, 0.2) is 11.5 Å². The molecule has 0 saturated carbocycles. The zero-order chi connectivity index (χ0) is 34.8. The Morgan fingerprint density at radius 3 is 1.57 bits per heavy atom. The van der Waals surface area contributed by atoms with E-state index in [-0.39, 0.29) is 18.6 Å². The monoisotopic (exact) mass is 689 g/mol. The minimum Gasteiger partial charge on any atom is -0.454 e. The molecule has 3 aliphatic heterocycles. The predicted molar refractivity (Wildman–Crippen MR) is 201 cm³/mol. The van der Waals surface area contributed by atoms with E-state index in [9.17, 15) is 9.59 Å². The lowest BCUT2D eigenvalue weighted by molar-refractivity contribution is -0.117. The number of piperazine rings is 2. The molecule has 4 N–H and O–H groups in total. The highest BCUT2D eigenvalue weighted by molar-refractivity contribution is 5.92. The summed E-state index contributed by atoms with van der Waals surface area (Å²) in [6, 6.07) is 25.8. The Kier molecular flexibility index (Phi) is 11.5. The molecule has 0 unspecified atom stereocenters.